The summed E-state index contributed by atoms with van der Waals surface area (Å²) in [5, 5.41) is 3.82. The van der Waals surface area contributed by atoms with Crippen LogP contribution in [0.1, 0.15) is 12.5 Å². The highest BCUT2D eigenvalue weighted by Crippen LogP contribution is 2.28. The average Bonchev–Trinajstić information content (AvgIpc) is 2.84. The lowest BCUT2D eigenvalue weighted by atomic mass is 10.2. The fourth-order valence-corrected chi connectivity index (χ4v) is 2.68. The number of H-pyrrole nitrogens is 1. The Morgan fingerprint density at radius 2 is 2.19 bits per heavy atom. The molecular formula is C14H14FN5S. The molecule has 3 rings (SSSR count). The summed E-state index contributed by atoms with van der Waals surface area (Å²) < 4.78 is 13.8. The largest absolute Gasteiger partial charge is 0.354 e. The number of anilines is 1. The van der Waals surface area contributed by atoms with Crippen molar-refractivity contribution in [1.82, 2.24) is 19.9 Å². The SMILES string of the molecule is CCNc1ncc(F)c(Sc2nc3ccc(C)cc3[nH]2)n1. The molecule has 0 radical (unpaired) electrons. The van der Waals surface area contributed by atoms with E-state index in [1.165, 1.54) is 6.20 Å². The maximum Gasteiger partial charge on any atom is 0.223 e. The number of aromatic amines is 1. The summed E-state index contributed by atoms with van der Waals surface area (Å²) in [6, 6.07) is 5.94. The average molecular weight is 303 g/mol. The molecule has 0 unspecified atom stereocenters. The van der Waals surface area contributed by atoms with Crippen molar-refractivity contribution in [2.75, 3.05) is 11.9 Å². The number of imidazole rings is 1. The number of aromatic nitrogens is 4. The van der Waals surface area contributed by atoms with Crippen LogP contribution in [0.2, 0.25) is 0 Å². The van der Waals surface area contributed by atoms with Crippen LogP contribution in [0.25, 0.3) is 11.0 Å². The van der Waals surface area contributed by atoms with Crippen molar-refractivity contribution in [3.05, 3.63) is 35.8 Å². The number of aryl methyl sites for hydroxylation is 1. The highest BCUT2D eigenvalue weighted by Gasteiger charge is 2.11. The van der Waals surface area contributed by atoms with Crippen molar-refractivity contribution >= 4 is 28.7 Å². The van der Waals surface area contributed by atoms with Crippen LogP contribution in [-0.4, -0.2) is 26.5 Å². The third-order valence-electron chi connectivity index (χ3n) is 2.86. The van der Waals surface area contributed by atoms with Crippen LogP contribution < -0.4 is 5.32 Å². The molecule has 0 atom stereocenters. The van der Waals surface area contributed by atoms with E-state index in [-0.39, 0.29) is 5.03 Å². The van der Waals surface area contributed by atoms with Gasteiger partial charge >= 0.3 is 0 Å². The van der Waals surface area contributed by atoms with Gasteiger partial charge in [0, 0.05) is 6.54 Å². The molecule has 7 heteroatoms. The molecule has 0 bridgehead atoms. The topological polar surface area (TPSA) is 66.5 Å². The number of hydrogen-bond acceptors (Lipinski definition) is 5. The second-order valence-electron chi connectivity index (χ2n) is 4.54. The lowest BCUT2D eigenvalue weighted by Crippen LogP contribution is -2.03. The van der Waals surface area contributed by atoms with Gasteiger partial charge in [-0.1, -0.05) is 6.07 Å². The maximum absolute atomic E-state index is 13.8. The van der Waals surface area contributed by atoms with Crippen LogP contribution >= 0.6 is 11.8 Å². The molecule has 108 valence electrons. The Balaban J connectivity index is 1.92. The molecule has 21 heavy (non-hydrogen) atoms. The van der Waals surface area contributed by atoms with Gasteiger partial charge in [-0.25, -0.2) is 19.3 Å². The second-order valence-corrected chi connectivity index (χ2v) is 5.52. The highest BCUT2D eigenvalue weighted by atomic mass is 32.2. The number of benzene rings is 1. The molecule has 1 aromatic carbocycles. The molecule has 3 aromatic rings. The van der Waals surface area contributed by atoms with Gasteiger partial charge in [0.1, 0.15) is 5.03 Å². The van der Waals surface area contributed by atoms with Crippen molar-refractivity contribution in [1.29, 1.82) is 0 Å². The molecule has 0 aliphatic rings. The fraction of sp³-hybridized carbons (Fsp3) is 0.214. The van der Waals surface area contributed by atoms with Gasteiger partial charge in [-0.05, 0) is 43.3 Å². The van der Waals surface area contributed by atoms with Crippen LogP contribution in [0.3, 0.4) is 0 Å². The first kappa shape index (κ1) is 13.8. The lowest BCUT2D eigenvalue weighted by Gasteiger charge is -2.03. The molecule has 0 aliphatic carbocycles. The van der Waals surface area contributed by atoms with Gasteiger partial charge in [0.2, 0.25) is 5.95 Å². The predicted octanol–water partition coefficient (Wildman–Crippen LogP) is 3.38. The Bertz CT molecular complexity index is 786. The molecule has 0 amide bonds. The number of rotatable bonds is 4. The Hall–Kier alpha value is -2.15. The van der Waals surface area contributed by atoms with Crippen molar-refractivity contribution in [2.24, 2.45) is 0 Å². The Labute approximate surface area is 125 Å². The molecule has 0 saturated carbocycles. The summed E-state index contributed by atoms with van der Waals surface area (Å²) in [6.45, 7) is 4.63. The summed E-state index contributed by atoms with van der Waals surface area (Å²) in [5.74, 6) is -0.0494. The molecule has 0 spiro atoms. The Kier molecular flexibility index (Phi) is 3.74. The van der Waals surface area contributed by atoms with E-state index in [9.17, 15) is 4.39 Å². The number of halogens is 1. The number of hydrogen-bond donors (Lipinski definition) is 2. The molecule has 0 saturated heterocycles. The number of nitrogens with zero attached hydrogens (tertiary/aromatic N) is 3. The van der Waals surface area contributed by atoms with Crippen LogP contribution in [0.4, 0.5) is 10.3 Å². The smallest absolute Gasteiger partial charge is 0.223 e. The number of fused-ring (bicyclic) bond motifs is 1. The predicted molar refractivity (Wildman–Crippen MR) is 81.1 cm³/mol. The van der Waals surface area contributed by atoms with E-state index < -0.39 is 5.82 Å². The van der Waals surface area contributed by atoms with Crippen molar-refractivity contribution in [3.8, 4) is 0 Å². The first-order valence-electron chi connectivity index (χ1n) is 6.56. The molecule has 0 fully saturated rings. The van der Waals surface area contributed by atoms with Crippen LogP contribution in [-0.2, 0) is 0 Å². The van der Waals surface area contributed by atoms with Gasteiger partial charge in [-0.15, -0.1) is 0 Å². The van der Waals surface area contributed by atoms with E-state index in [4.69, 9.17) is 0 Å². The maximum atomic E-state index is 13.8. The van der Waals surface area contributed by atoms with Crippen molar-refractivity contribution < 1.29 is 4.39 Å². The van der Waals surface area contributed by atoms with Crippen LogP contribution in [0, 0.1) is 12.7 Å². The van der Waals surface area contributed by atoms with E-state index in [1.54, 1.807) is 0 Å². The summed E-state index contributed by atoms with van der Waals surface area (Å²) >= 11 is 1.15. The molecule has 2 aromatic heterocycles. The number of nitrogens with one attached hydrogen (secondary N) is 2. The zero-order valence-electron chi connectivity index (χ0n) is 11.6. The van der Waals surface area contributed by atoms with Crippen LogP contribution in [0.15, 0.2) is 34.6 Å². The Morgan fingerprint density at radius 3 is 3.00 bits per heavy atom. The van der Waals surface area contributed by atoms with Gasteiger partial charge in [-0.3, -0.25) is 0 Å². The zero-order chi connectivity index (χ0) is 14.8. The van der Waals surface area contributed by atoms with Crippen LogP contribution in [0.5, 0.6) is 0 Å². The standard InChI is InChI=1S/C14H14FN5S/c1-3-16-13-17-7-9(15)12(20-13)21-14-18-10-5-4-8(2)6-11(10)19-14/h4-7H,3H2,1-2H3,(H,18,19)(H,16,17,20). The van der Waals surface area contributed by atoms with E-state index >= 15 is 0 Å². The summed E-state index contributed by atoms with van der Waals surface area (Å²) in [5.41, 5.74) is 2.92. The lowest BCUT2D eigenvalue weighted by molar-refractivity contribution is 0.579. The minimum absolute atomic E-state index is 0.247. The zero-order valence-corrected chi connectivity index (χ0v) is 12.5. The molecule has 0 aliphatic heterocycles. The van der Waals surface area contributed by atoms with E-state index in [0.717, 1.165) is 28.4 Å². The molecule has 2 N–H and O–H groups in total. The normalized spacial score (nSPS) is 11.0. The third-order valence-corrected chi connectivity index (χ3v) is 3.72. The third kappa shape index (κ3) is 2.97. The second kappa shape index (κ2) is 5.69. The van der Waals surface area contributed by atoms with Gasteiger partial charge in [0.05, 0.1) is 17.2 Å². The minimum Gasteiger partial charge on any atom is -0.354 e. The quantitative estimate of drug-likeness (QED) is 0.723. The molecular weight excluding hydrogens is 289 g/mol. The van der Waals surface area contributed by atoms with E-state index in [0.29, 0.717) is 17.6 Å². The van der Waals surface area contributed by atoms with Gasteiger partial charge in [0.15, 0.2) is 11.0 Å². The van der Waals surface area contributed by atoms with E-state index in [2.05, 4.69) is 25.3 Å². The fourth-order valence-electron chi connectivity index (χ4n) is 1.91. The molecule has 2 heterocycles. The van der Waals surface area contributed by atoms with Gasteiger partial charge in [0.25, 0.3) is 0 Å². The highest BCUT2D eigenvalue weighted by molar-refractivity contribution is 7.99. The van der Waals surface area contributed by atoms with Gasteiger partial charge in [-0.2, -0.15) is 0 Å². The molecule has 5 nitrogen and oxygen atoms in total. The Morgan fingerprint density at radius 1 is 1.33 bits per heavy atom. The van der Waals surface area contributed by atoms with Crippen molar-refractivity contribution in [2.45, 2.75) is 24.0 Å². The first-order chi connectivity index (χ1) is 10.2. The summed E-state index contributed by atoms with van der Waals surface area (Å²) in [7, 11) is 0. The summed E-state index contributed by atoms with van der Waals surface area (Å²) in [4.78, 5) is 15.6. The summed E-state index contributed by atoms with van der Waals surface area (Å²) in [6.07, 6.45) is 1.17. The van der Waals surface area contributed by atoms with Crippen molar-refractivity contribution in [3.63, 3.8) is 0 Å². The first-order valence-corrected chi connectivity index (χ1v) is 7.38. The van der Waals surface area contributed by atoms with E-state index in [1.807, 2.05) is 32.0 Å². The monoisotopic (exact) mass is 303 g/mol. The minimum atomic E-state index is -0.460. The van der Waals surface area contributed by atoms with Gasteiger partial charge < -0.3 is 10.3 Å².